The molecule has 3 rings (SSSR count). The van der Waals surface area contributed by atoms with Crippen LogP contribution in [0.5, 0.6) is 0 Å². The van der Waals surface area contributed by atoms with E-state index in [-0.39, 0.29) is 18.1 Å². The molecule has 0 N–H and O–H groups in total. The number of carbonyl (C=O) groups is 1. The van der Waals surface area contributed by atoms with E-state index in [9.17, 15) is 4.79 Å². The number of hydrogen-bond acceptors (Lipinski definition) is 3. The fraction of sp³-hybridized carbons (Fsp3) is 0.263. The summed E-state index contributed by atoms with van der Waals surface area (Å²) < 4.78 is 0. The summed E-state index contributed by atoms with van der Waals surface area (Å²) in [4.78, 5) is 19.8. The van der Waals surface area contributed by atoms with Crippen LogP contribution in [0.3, 0.4) is 0 Å². The molecule has 2 aromatic rings. The van der Waals surface area contributed by atoms with Crippen LogP contribution in [0.1, 0.15) is 36.6 Å². The van der Waals surface area contributed by atoms with E-state index in [1.165, 1.54) is 0 Å². The summed E-state index contributed by atoms with van der Waals surface area (Å²) in [6, 6.07) is 17.2. The molecule has 2 atom stereocenters. The topological polar surface area (TPSA) is 41.9 Å². The van der Waals surface area contributed by atoms with E-state index < -0.39 is 0 Å². The molecule has 0 fully saturated rings. The molecule has 24 heavy (non-hydrogen) atoms. The summed E-state index contributed by atoms with van der Waals surface area (Å²) in [5.74, 6) is -0.115. The number of nitrogens with zero attached hydrogens (tertiary/aromatic N) is 2. The molecule has 5 heteroatoms. The Kier molecular flexibility index (Phi) is 4.86. The van der Waals surface area contributed by atoms with Gasteiger partial charge in [-0.3, -0.25) is 4.79 Å². The average Bonchev–Trinajstić information content (AvgIpc) is 3.11. The van der Waals surface area contributed by atoms with Gasteiger partial charge in [0.1, 0.15) is 5.71 Å². The second kappa shape index (κ2) is 7.05. The fourth-order valence-corrected chi connectivity index (χ4v) is 2.82. The van der Waals surface area contributed by atoms with Gasteiger partial charge in [-0.15, -0.1) is 0 Å². The Morgan fingerprint density at radius 2 is 1.88 bits per heavy atom. The molecule has 0 saturated heterocycles. The highest BCUT2D eigenvalue weighted by Crippen LogP contribution is 2.29. The maximum atomic E-state index is 12.7. The molecule has 4 nitrogen and oxygen atoms in total. The second-order valence-electron chi connectivity index (χ2n) is 5.89. The Balaban J connectivity index is 1.67. The van der Waals surface area contributed by atoms with E-state index in [1.807, 2.05) is 61.5 Å². The summed E-state index contributed by atoms with van der Waals surface area (Å²) in [6.45, 7) is 1.98. The van der Waals surface area contributed by atoms with Gasteiger partial charge in [-0.2, -0.15) is 0 Å². The van der Waals surface area contributed by atoms with Gasteiger partial charge >= 0.3 is 0 Å². The molecule has 0 saturated carbocycles. The van der Waals surface area contributed by atoms with Crippen molar-refractivity contribution in [3.05, 3.63) is 70.7 Å². The van der Waals surface area contributed by atoms with Crippen LogP contribution in [0.2, 0.25) is 5.02 Å². The van der Waals surface area contributed by atoms with Gasteiger partial charge in [0.05, 0.1) is 6.04 Å². The third-order valence-corrected chi connectivity index (χ3v) is 4.59. The first-order valence-corrected chi connectivity index (χ1v) is 8.24. The Labute approximate surface area is 146 Å². The molecule has 1 aliphatic heterocycles. The lowest BCUT2D eigenvalue weighted by Crippen LogP contribution is -2.34. The Morgan fingerprint density at radius 1 is 1.21 bits per heavy atom. The van der Waals surface area contributed by atoms with Crippen LogP contribution in [-0.2, 0) is 9.63 Å². The fourth-order valence-electron chi connectivity index (χ4n) is 2.69. The largest absolute Gasteiger partial charge is 0.387 e. The quantitative estimate of drug-likeness (QED) is 0.827. The zero-order chi connectivity index (χ0) is 17.1. The average molecular weight is 343 g/mol. The van der Waals surface area contributed by atoms with Crippen LogP contribution in [0.25, 0.3) is 0 Å². The monoisotopic (exact) mass is 342 g/mol. The van der Waals surface area contributed by atoms with Gasteiger partial charge in [0.25, 0.3) is 5.91 Å². The van der Waals surface area contributed by atoms with E-state index in [2.05, 4.69) is 5.16 Å². The second-order valence-corrected chi connectivity index (χ2v) is 6.33. The first-order chi connectivity index (χ1) is 11.6. The number of hydrogen-bond donors (Lipinski definition) is 0. The minimum Gasteiger partial charge on any atom is -0.387 e. The standard InChI is InChI=1S/C19H19ClN2O2/c1-13(14-8-10-16(20)11-9-14)22(2)19(23)17-12-18(24-21-17)15-6-4-3-5-7-15/h3-11,13,18H,12H2,1-2H3/t13-,18-/m1/s1. The van der Waals surface area contributed by atoms with Crippen LogP contribution < -0.4 is 0 Å². The molecule has 0 aliphatic carbocycles. The van der Waals surface area contributed by atoms with E-state index in [4.69, 9.17) is 16.4 Å². The molecule has 0 spiro atoms. The molecular weight excluding hydrogens is 324 g/mol. The first kappa shape index (κ1) is 16.5. The van der Waals surface area contributed by atoms with E-state index >= 15 is 0 Å². The van der Waals surface area contributed by atoms with Crippen LogP contribution in [0.4, 0.5) is 0 Å². The molecule has 0 radical (unpaired) electrons. The molecule has 1 amide bonds. The van der Waals surface area contributed by atoms with Gasteiger partial charge in [-0.1, -0.05) is 59.2 Å². The predicted molar refractivity (Wildman–Crippen MR) is 95.0 cm³/mol. The van der Waals surface area contributed by atoms with Crippen molar-refractivity contribution in [2.24, 2.45) is 5.16 Å². The number of carbonyl (C=O) groups excluding carboxylic acids is 1. The van der Waals surface area contributed by atoms with Crippen molar-refractivity contribution in [3.63, 3.8) is 0 Å². The third-order valence-electron chi connectivity index (χ3n) is 4.34. The van der Waals surface area contributed by atoms with Gasteiger partial charge in [0, 0.05) is 18.5 Å². The highest BCUT2D eigenvalue weighted by molar-refractivity contribution is 6.39. The maximum absolute atomic E-state index is 12.7. The molecule has 0 unspecified atom stereocenters. The number of rotatable bonds is 4. The zero-order valence-corrected chi connectivity index (χ0v) is 14.4. The lowest BCUT2D eigenvalue weighted by atomic mass is 10.0. The summed E-state index contributed by atoms with van der Waals surface area (Å²) >= 11 is 5.92. The van der Waals surface area contributed by atoms with Crippen molar-refractivity contribution in [3.8, 4) is 0 Å². The van der Waals surface area contributed by atoms with Crippen molar-refractivity contribution in [1.82, 2.24) is 4.90 Å². The minimum absolute atomic E-state index is 0.0757. The normalized spacial score (nSPS) is 17.8. The zero-order valence-electron chi connectivity index (χ0n) is 13.6. The third kappa shape index (κ3) is 3.44. The summed E-state index contributed by atoms with van der Waals surface area (Å²) in [6.07, 6.45) is 0.296. The van der Waals surface area contributed by atoms with Crippen LogP contribution >= 0.6 is 11.6 Å². The SMILES string of the molecule is C[C@H](c1ccc(Cl)cc1)N(C)C(=O)C1=NO[C@@H](c2ccccc2)C1. The van der Waals surface area contributed by atoms with E-state index in [0.717, 1.165) is 11.1 Å². The minimum atomic E-state index is -0.190. The number of halogens is 1. The highest BCUT2D eigenvalue weighted by atomic mass is 35.5. The van der Waals surface area contributed by atoms with Crippen molar-refractivity contribution in [1.29, 1.82) is 0 Å². The lowest BCUT2D eigenvalue weighted by Gasteiger charge is -2.25. The van der Waals surface area contributed by atoms with Crippen LogP contribution in [-0.4, -0.2) is 23.6 Å². The Hall–Kier alpha value is -2.33. The van der Waals surface area contributed by atoms with Crippen molar-refractivity contribution in [2.45, 2.75) is 25.5 Å². The first-order valence-electron chi connectivity index (χ1n) is 7.86. The van der Waals surface area contributed by atoms with Gasteiger partial charge in [-0.25, -0.2) is 0 Å². The number of oxime groups is 1. The molecule has 1 aliphatic rings. The van der Waals surface area contributed by atoms with E-state index in [0.29, 0.717) is 17.2 Å². The van der Waals surface area contributed by atoms with Gasteiger partial charge in [0.15, 0.2) is 6.10 Å². The van der Waals surface area contributed by atoms with E-state index in [1.54, 1.807) is 11.9 Å². The van der Waals surface area contributed by atoms with Gasteiger partial charge in [0.2, 0.25) is 0 Å². The molecule has 0 aromatic heterocycles. The maximum Gasteiger partial charge on any atom is 0.272 e. The van der Waals surface area contributed by atoms with Crippen molar-refractivity contribution in [2.75, 3.05) is 7.05 Å². The molecule has 2 aromatic carbocycles. The van der Waals surface area contributed by atoms with Crippen molar-refractivity contribution >= 4 is 23.2 Å². The summed E-state index contributed by atoms with van der Waals surface area (Å²) in [7, 11) is 1.78. The molecule has 0 bridgehead atoms. The summed E-state index contributed by atoms with van der Waals surface area (Å²) in [5, 5.41) is 4.69. The Bertz CT molecular complexity index is 744. The van der Waals surface area contributed by atoms with Crippen LogP contribution in [0.15, 0.2) is 59.8 Å². The van der Waals surface area contributed by atoms with Crippen LogP contribution in [0, 0.1) is 0 Å². The molecule has 1 heterocycles. The smallest absolute Gasteiger partial charge is 0.272 e. The predicted octanol–water partition coefficient (Wildman–Crippen LogP) is 4.38. The number of amides is 1. The van der Waals surface area contributed by atoms with Gasteiger partial charge in [-0.05, 0) is 30.2 Å². The lowest BCUT2D eigenvalue weighted by molar-refractivity contribution is -0.124. The summed E-state index contributed by atoms with van der Waals surface area (Å²) in [5.41, 5.74) is 2.50. The molecular formula is C19H19ClN2O2. The van der Waals surface area contributed by atoms with Crippen molar-refractivity contribution < 1.29 is 9.63 Å². The Morgan fingerprint density at radius 3 is 2.54 bits per heavy atom. The number of benzene rings is 2. The van der Waals surface area contributed by atoms with Gasteiger partial charge < -0.3 is 9.74 Å². The highest BCUT2D eigenvalue weighted by Gasteiger charge is 2.30. The molecule has 124 valence electrons.